The standard InChI is InChI=1S/C25H29N7/c1-16-6-11-23(29-16)22-14-27-24(31-25(22)30-21-9-7-20(26)8-10-21)18-5-3-4-17(12-18)19-13-28-32(2)15-19/h3-6,11-16,20-21H,7-10,26H2,1-2H3,(H,27,30,31). The molecule has 2 aromatic heterocycles. The van der Waals surface area contributed by atoms with Crippen LogP contribution >= 0.6 is 0 Å². The lowest BCUT2D eigenvalue weighted by Gasteiger charge is -2.28. The lowest BCUT2D eigenvalue weighted by Crippen LogP contribution is -2.33. The van der Waals surface area contributed by atoms with Crippen molar-refractivity contribution in [2.75, 3.05) is 5.32 Å². The number of anilines is 1. The highest BCUT2D eigenvalue weighted by Crippen LogP contribution is 2.28. The Morgan fingerprint density at radius 2 is 1.88 bits per heavy atom. The molecule has 7 nitrogen and oxygen atoms in total. The van der Waals surface area contributed by atoms with Gasteiger partial charge in [-0.3, -0.25) is 9.67 Å². The van der Waals surface area contributed by atoms with Crippen LogP contribution < -0.4 is 11.1 Å². The van der Waals surface area contributed by atoms with Gasteiger partial charge in [0.15, 0.2) is 5.82 Å². The smallest absolute Gasteiger partial charge is 0.161 e. The van der Waals surface area contributed by atoms with E-state index in [0.29, 0.717) is 17.9 Å². The molecule has 5 rings (SSSR count). The second-order valence-corrected chi connectivity index (χ2v) is 8.81. The first-order chi connectivity index (χ1) is 15.5. The number of hydrogen-bond acceptors (Lipinski definition) is 6. The van der Waals surface area contributed by atoms with Gasteiger partial charge in [0.1, 0.15) is 5.82 Å². The zero-order valence-electron chi connectivity index (χ0n) is 18.6. The normalized spacial score (nSPS) is 22.7. The van der Waals surface area contributed by atoms with Crippen LogP contribution in [0.5, 0.6) is 0 Å². The molecule has 32 heavy (non-hydrogen) atoms. The Labute approximate surface area is 188 Å². The molecule has 3 heterocycles. The van der Waals surface area contributed by atoms with Crippen LogP contribution in [-0.4, -0.2) is 43.6 Å². The van der Waals surface area contributed by atoms with Crippen LogP contribution in [0, 0.1) is 0 Å². The molecule has 0 spiro atoms. The van der Waals surface area contributed by atoms with Gasteiger partial charge < -0.3 is 11.1 Å². The predicted molar refractivity (Wildman–Crippen MR) is 129 cm³/mol. The average molecular weight is 428 g/mol. The third-order valence-corrected chi connectivity index (χ3v) is 6.21. The number of nitrogens with zero attached hydrogens (tertiary/aromatic N) is 5. The fourth-order valence-electron chi connectivity index (χ4n) is 4.38. The molecule has 3 N–H and O–H groups in total. The number of benzene rings is 1. The van der Waals surface area contributed by atoms with Gasteiger partial charge in [0.2, 0.25) is 0 Å². The maximum absolute atomic E-state index is 6.11. The molecule has 1 saturated carbocycles. The Kier molecular flexibility index (Phi) is 5.57. The monoisotopic (exact) mass is 427 g/mol. The number of aromatic nitrogens is 4. The van der Waals surface area contributed by atoms with Crippen molar-refractivity contribution < 1.29 is 0 Å². The molecular formula is C25H29N7. The molecule has 2 aliphatic rings. The molecule has 1 unspecified atom stereocenters. The molecule has 0 amide bonds. The van der Waals surface area contributed by atoms with Crippen molar-refractivity contribution in [3.8, 4) is 22.5 Å². The van der Waals surface area contributed by atoms with E-state index in [0.717, 1.165) is 59.5 Å². The van der Waals surface area contributed by atoms with Gasteiger partial charge in [-0.1, -0.05) is 24.3 Å². The van der Waals surface area contributed by atoms with Crippen LogP contribution in [0.4, 0.5) is 5.82 Å². The van der Waals surface area contributed by atoms with Crippen molar-refractivity contribution in [2.45, 2.75) is 50.7 Å². The number of nitrogens with two attached hydrogens (primary N) is 1. The zero-order valence-corrected chi connectivity index (χ0v) is 18.6. The van der Waals surface area contributed by atoms with E-state index < -0.39 is 0 Å². The summed E-state index contributed by atoms with van der Waals surface area (Å²) >= 11 is 0. The van der Waals surface area contributed by atoms with Crippen LogP contribution in [0.25, 0.3) is 22.5 Å². The highest BCUT2D eigenvalue weighted by Gasteiger charge is 2.22. The number of allylic oxidation sites excluding steroid dienone is 1. The van der Waals surface area contributed by atoms with Gasteiger partial charge in [0, 0.05) is 42.7 Å². The predicted octanol–water partition coefficient (Wildman–Crippen LogP) is 3.97. The quantitative estimate of drug-likeness (QED) is 0.642. The Morgan fingerprint density at radius 1 is 1.06 bits per heavy atom. The maximum Gasteiger partial charge on any atom is 0.161 e. The van der Waals surface area contributed by atoms with Gasteiger partial charge in [-0.25, -0.2) is 9.97 Å². The average Bonchev–Trinajstić information content (AvgIpc) is 3.44. The van der Waals surface area contributed by atoms with Crippen molar-refractivity contribution >= 4 is 11.5 Å². The van der Waals surface area contributed by atoms with Gasteiger partial charge >= 0.3 is 0 Å². The lowest BCUT2D eigenvalue weighted by molar-refractivity contribution is 0.410. The van der Waals surface area contributed by atoms with E-state index in [2.05, 4.69) is 41.6 Å². The highest BCUT2D eigenvalue weighted by atomic mass is 15.2. The fourth-order valence-corrected chi connectivity index (χ4v) is 4.38. The van der Waals surface area contributed by atoms with Crippen LogP contribution in [0.1, 0.15) is 38.2 Å². The largest absolute Gasteiger partial charge is 0.367 e. The van der Waals surface area contributed by atoms with Crippen LogP contribution in [0.3, 0.4) is 0 Å². The molecule has 7 heteroatoms. The molecule has 164 valence electrons. The van der Waals surface area contributed by atoms with Gasteiger partial charge in [-0.2, -0.15) is 5.10 Å². The molecular weight excluding hydrogens is 398 g/mol. The first-order valence-electron chi connectivity index (χ1n) is 11.3. The fraction of sp³-hybridized carbons (Fsp3) is 0.360. The molecule has 1 fully saturated rings. The Balaban J connectivity index is 1.50. The zero-order chi connectivity index (χ0) is 22.1. The second kappa shape index (κ2) is 8.67. The van der Waals surface area contributed by atoms with Crippen molar-refractivity contribution in [3.63, 3.8) is 0 Å². The molecule has 0 radical (unpaired) electrons. The molecule has 3 aromatic rings. The molecule has 0 saturated heterocycles. The number of aryl methyl sites for hydroxylation is 1. The van der Waals surface area contributed by atoms with E-state index in [4.69, 9.17) is 20.7 Å². The summed E-state index contributed by atoms with van der Waals surface area (Å²) in [5.74, 6) is 1.55. The minimum Gasteiger partial charge on any atom is -0.367 e. The van der Waals surface area contributed by atoms with Crippen LogP contribution in [-0.2, 0) is 7.05 Å². The molecule has 1 atom stereocenters. The third kappa shape index (κ3) is 4.34. The van der Waals surface area contributed by atoms with E-state index in [1.54, 1.807) is 0 Å². The van der Waals surface area contributed by atoms with E-state index in [1.807, 2.05) is 42.5 Å². The van der Waals surface area contributed by atoms with Gasteiger partial charge in [0.05, 0.1) is 23.5 Å². The van der Waals surface area contributed by atoms with Crippen molar-refractivity contribution in [3.05, 3.63) is 60.6 Å². The van der Waals surface area contributed by atoms with Crippen LogP contribution in [0.2, 0.25) is 0 Å². The van der Waals surface area contributed by atoms with E-state index in [1.165, 1.54) is 0 Å². The van der Waals surface area contributed by atoms with E-state index in [9.17, 15) is 0 Å². The number of nitrogens with one attached hydrogen (secondary N) is 1. The summed E-state index contributed by atoms with van der Waals surface area (Å²) < 4.78 is 1.81. The SMILES string of the molecule is CC1C=CC(c2cnc(-c3cccc(-c4cnn(C)c4)c3)nc2NC2CCC(N)CC2)=N1. The van der Waals surface area contributed by atoms with Crippen molar-refractivity contribution in [1.82, 2.24) is 19.7 Å². The molecule has 1 aliphatic carbocycles. The first-order valence-corrected chi connectivity index (χ1v) is 11.3. The highest BCUT2D eigenvalue weighted by molar-refractivity contribution is 6.12. The number of hydrogen-bond donors (Lipinski definition) is 2. The topological polar surface area (TPSA) is 94.0 Å². The minimum atomic E-state index is 0.182. The molecule has 1 aromatic carbocycles. The third-order valence-electron chi connectivity index (χ3n) is 6.21. The summed E-state index contributed by atoms with van der Waals surface area (Å²) in [7, 11) is 1.92. The lowest BCUT2D eigenvalue weighted by atomic mass is 9.91. The maximum atomic E-state index is 6.11. The summed E-state index contributed by atoms with van der Waals surface area (Å²) in [6.45, 7) is 2.08. The van der Waals surface area contributed by atoms with Gasteiger partial charge in [0.25, 0.3) is 0 Å². The first kappa shape index (κ1) is 20.6. The summed E-state index contributed by atoms with van der Waals surface area (Å²) in [5, 5.41) is 7.98. The number of rotatable bonds is 5. The summed E-state index contributed by atoms with van der Waals surface area (Å²) in [4.78, 5) is 14.4. The Bertz CT molecular complexity index is 1170. The summed E-state index contributed by atoms with van der Waals surface area (Å²) in [6, 6.07) is 9.14. The van der Waals surface area contributed by atoms with E-state index >= 15 is 0 Å². The summed E-state index contributed by atoms with van der Waals surface area (Å²) in [6.07, 6.45) is 14.1. The van der Waals surface area contributed by atoms with Crippen molar-refractivity contribution in [1.29, 1.82) is 0 Å². The minimum absolute atomic E-state index is 0.182. The molecule has 1 aliphatic heterocycles. The number of aliphatic imine (C=N–C) groups is 1. The van der Waals surface area contributed by atoms with E-state index in [-0.39, 0.29) is 6.04 Å². The second-order valence-electron chi connectivity index (χ2n) is 8.81. The Morgan fingerprint density at radius 3 is 2.59 bits per heavy atom. The van der Waals surface area contributed by atoms with Gasteiger partial charge in [-0.05, 0) is 50.3 Å². The molecule has 0 bridgehead atoms. The van der Waals surface area contributed by atoms with Gasteiger partial charge in [-0.15, -0.1) is 0 Å². The summed E-state index contributed by atoms with van der Waals surface area (Å²) in [5.41, 5.74) is 11.1. The van der Waals surface area contributed by atoms with Crippen LogP contribution in [0.15, 0.2) is 60.0 Å². The van der Waals surface area contributed by atoms with Crippen molar-refractivity contribution in [2.24, 2.45) is 17.8 Å². The Hall–Kier alpha value is -3.32.